The van der Waals surface area contributed by atoms with Gasteiger partial charge in [-0.2, -0.15) is 0 Å². The van der Waals surface area contributed by atoms with Crippen molar-refractivity contribution in [1.29, 1.82) is 0 Å². The number of hydrogen-bond donors (Lipinski definition) is 1. The molecule has 0 bridgehead atoms. The zero-order valence-corrected chi connectivity index (χ0v) is 11.7. The quantitative estimate of drug-likeness (QED) is 0.683. The second kappa shape index (κ2) is 5.64. The molecule has 0 unspecified atom stereocenters. The van der Waals surface area contributed by atoms with Gasteiger partial charge in [-0.15, -0.1) is 0 Å². The van der Waals surface area contributed by atoms with Crippen molar-refractivity contribution >= 4 is 11.5 Å². The fraction of sp³-hybridized carbons (Fsp3) is 0.286. The summed E-state index contributed by atoms with van der Waals surface area (Å²) in [7, 11) is 0. The molecule has 0 aliphatic rings. The van der Waals surface area contributed by atoms with Crippen LogP contribution in [0.1, 0.15) is 22.5 Å². The SMILES string of the molecule is Cc1cnc(C)c(NCc2cccc([N+](=O)[O-])c2C)n1. The third-order valence-electron chi connectivity index (χ3n) is 3.14. The molecule has 104 valence electrons. The molecule has 0 amide bonds. The van der Waals surface area contributed by atoms with Crippen LogP contribution in [0.4, 0.5) is 11.5 Å². The number of nitro groups is 1. The number of benzene rings is 1. The first-order valence-corrected chi connectivity index (χ1v) is 6.26. The highest BCUT2D eigenvalue weighted by Crippen LogP contribution is 2.22. The van der Waals surface area contributed by atoms with Gasteiger partial charge in [0.2, 0.25) is 0 Å². The standard InChI is InChI=1S/C14H16N4O2/c1-9-7-15-11(3)14(17-9)16-8-12-5-4-6-13(10(12)2)18(19)20/h4-7H,8H2,1-3H3,(H,16,17). The summed E-state index contributed by atoms with van der Waals surface area (Å²) < 4.78 is 0. The van der Waals surface area contributed by atoms with E-state index in [9.17, 15) is 10.1 Å². The molecule has 1 N–H and O–H groups in total. The zero-order valence-electron chi connectivity index (χ0n) is 11.7. The average Bonchev–Trinajstić information content (AvgIpc) is 2.41. The largest absolute Gasteiger partial charge is 0.364 e. The van der Waals surface area contributed by atoms with Gasteiger partial charge in [0.05, 0.1) is 16.3 Å². The van der Waals surface area contributed by atoms with Crippen LogP contribution >= 0.6 is 0 Å². The van der Waals surface area contributed by atoms with Crippen LogP contribution in [0.5, 0.6) is 0 Å². The predicted octanol–water partition coefficient (Wildman–Crippen LogP) is 2.92. The fourth-order valence-electron chi connectivity index (χ4n) is 1.94. The molecule has 20 heavy (non-hydrogen) atoms. The number of nitrogens with zero attached hydrogens (tertiary/aromatic N) is 3. The Morgan fingerprint density at radius 3 is 2.75 bits per heavy atom. The minimum Gasteiger partial charge on any atom is -0.364 e. The maximum absolute atomic E-state index is 10.9. The minimum atomic E-state index is -0.365. The Kier molecular flexibility index (Phi) is 3.93. The number of aryl methyl sites for hydroxylation is 2. The molecular weight excluding hydrogens is 256 g/mol. The van der Waals surface area contributed by atoms with Crippen LogP contribution in [0.3, 0.4) is 0 Å². The Bertz CT molecular complexity index is 656. The van der Waals surface area contributed by atoms with Crippen molar-refractivity contribution in [3.8, 4) is 0 Å². The summed E-state index contributed by atoms with van der Waals surface area (Å²) in [6, 6.07) is 5.07. The Morgan fingerprint density at radius 2 is 2.05 bits per heavy atom. The predicted molar refractivity (Wildman–Crippen MR) is 76.7 cm³/mol. The molecule has 6 nitrogen and oxygen atoms in total. The van der Waals surface area contributed by atoms with Gasteiger partial charge >= 0.3 is 0 Å². The van der Waals surface area contributed by atoms with Crippen molar-refractivity contribution in [3.63, 3.8) is 0 Å². The summed E-state index contributed by atoms with van der Waals surface area (Å²) in [6.07, 6.45) is 1.71. The highest BCUT2D eigenvalue weighted by atomic mass is 16.6. The van der Waals surface area contributed by atoms with Crippen molar-refractivity contribution in [3.05, 3.63) is 57.0 Å². The van der Waals surface area contributed by atoms with Gasteiger partial charge in [-0.25, -0.2) is 4.98 Å². The van der Waals surface area contributed by atoms with Crippen LogP contribution in [-0.2, 0) is 6.54 Å². The third-order valence-corrected chi connectivity index (χ3v) is 3.14. The summed E-state index contributed by atoms with van der Waals surface area (Å²) in [4.78, 5) is 19.1. The van der Waals surface area contributed by atoms with Crippen LogP contribution in [-0.4, -0.2) is 14.9 Å². The lowest BCUT2D eigenvalue weighted by atomic mass is 10.1. The molecule has 0 radical (unpaired) electrons. The Labute approximate surface area is 117 Å². The second-order valence-corrected chi connectivity index (χ2v) is 4.62. The van der Waals surface area contributed by atoms with E-state index in [2.05, 4.69) is 15.3 Å². The monoisotopic (exact) mass is 272 g/mol. The molecule has 2 aromatic rings. The molecule has 0 fully saturated rings. The lowest BCUT2D eigenvalue weighted by molar-refractivity contribution is -0.385. The second-order valence-electron chi connectivity index (χ2n) is 4.62. The van der Waals surface area contributed by atoms with Gasteiger partial charge in [0.15, 0.2) is 0 Å². The maximum Gasteiger partial charge on any atom is 0.272 e. The van der Waals surface area contributed by atoms with E-state index in [0.717, 1.165) is 17.0 Å². The first-order valence-electron chi connectivity index (χ1n) is 6.26. The number of hydrogen-bond acceptors (Lipinski definition) is 5. The number of anilines is 1. The smallest absolute Gasteiger partial charge is 0.272 e. The first-order chi connectivity index (χ1) is 9.49. The summed E-state index contributed by atoms with van der Waals surface area (Å²) in [5.41, 5.74) is 3.31. The molecule has 1 heterocycles. The summed E-state index contributed by atoms with van der Waals surface area (Å²) >= 11 is 0. The van der Waals surface area contributed by atoms with Gasteiger partial charge in [-0.3, -0.25) is 15.1 Å². The van der Waals surface area contributed by atoms with Crippen LogP contribution in [0.15, 0.2) is 24.4 Å². The number of aromatic nitrogens is 2. The average molecular weight is 272 g/mol. The lowest BCUT2D eigenvalue weighted by Gasteiger charge is -2.10. The van der Waals surface area contributed by atoms with Gasteiger partial charge in [0, 0.05) is 24.4 Å². The maximum atomic E-state index is 10.9. The molecule has 0 atom stereocenters. The van der Waals surface area contributed by atoms with E-state index >= 15 is 0 Å². The fourth-order valence-corrected chi connectivity index (χ4v) is 1.94. The van der Waals surface area contributed by atoms with E-state index in [1.54, 1.807) is 19.2 Å². The third kappa shape index (κ3) is 2.90. The van der Waals surface area contributed by atoms with E-state index in [0.29, 0.717) is 17.9 Å². The van der Waals surface area contributed by atoms with Gasteiger partial charge in [-0.05, 0) is 26.3 Å². The Balaban J connectivity index is 2.21. The minimum absolute atomic E-state index is 0.136. The van der Waals surface area contributed by atoms with Crippen LogP contribution in [0.25, 0.3) is 0 Å². The lowest BCUT2D eigenvalue weighted by Crippen LogP contribution is -2.07. The highest BCUT2D eigenvalue weighted by Gasteiger charge is 2.13. The molecule has 0 saturated heterocycles. The Hall–Kier alpha value is -2.50. The summed E-state index contributed by atoms with van der Waals surface area (Å²) in [6.45, 7) is 5.97. The molecule has 2 rings (SSSR count). The molecule has 0 saturated carbocycles. The molecule has 1 aromatic carbocycles. The van der Waals surface area contributed by atoms with Crippen molar-refractivity contribution in [2.75, 3.05) is 5.32 Å². The van der Waals surface area contributed by atoms with Crippen molar-refractivity contribution in [2.24, 2.45) is 0 Å². The Morgan fingerprint density at radius 1 is 1.30 bits per heavy atom. The van der Waals surface area contributed by atoms with Gasteiger partial charge in [-0.1, -0.05) is 12.1 Å². The van der Waals surface area contributed by atoms with E-state index in [-0.39, 0.29) is 10.6 Å². The number of rotatable bonds is 4. The molecule has 1 aromatic heterocycles. The zero-order chi connectivity index (χ0) is 14.7. The summed E-state index contributed by atoms with van der Waals surface area (Å²) in [5, 5.41) is 14.1. The van der Waals surface area contributed by atoms with Crippen molar-refractivity contribution in [1.82, 2.24) is 9.97 Å². The number of nitro benzene ring substituents is 1. The van der Waals surface area contributed by atoms with E-state index in [1.165, 1.54) is 6.07 Å². The van der Waals surface area contributed by atoms with Crippen LogP contribution in [0.2, 0.25) is 0 Å². The first kappa shape index (κ1) is 13.9. The van der Waals surface area contributed by atoms with E-state index in [4.69, 9.17) is 0 Å². The normalized spacial score (nSPS) is 10.3. The molecule has 0 spiro atoms. The van der Waals surface area contributed by atoms with Crippen molar-refractivity contribution in [2.45, 2.75) is 27.3 Å². The number of nitrogens with one attached hydrogen (secondary N) is 1. The van der Waals surface area contributed by atoms with Gasteiger partial charge in [0.1, 0.15) is 5.82 Å². The molecule has 6 heteroatoms. The van der Waals surface area contributed by atoms with E-state index in [1.807, 2.05) is 19.9 Å². The topological polar surface area (TPSA) is 81.0 Å². The van der Waals surface area contributed by atoms with Gasteiger partial charge in [0.25, 0.3) is 5.69 Å². The summed E-state index contributed by atoms with van der Waals surface area (Å²) in [5.74, 6) is 0.705. The van der Waals surface area contributed by atoms with Crippen LogP contribution < -0.4 is 5.32 Å². The van der Waals surface area contributed by atoms with Crippen LogP contribution in [0, 0.1) is 30.9 Å². The van der Waals surface area contributed by atoms with E-state index < -0.39 is 0 Å². The molecule has 0 aliphatic carbocycles. The van der Waals surface area contributed by atoms with Gasteiger partial charge < -0.3 is 5.32 Å². The molecular formula is C14H16N4O2. The van der Waals surface area contributed by atoms with Crippen molar-refractivity contribution < 1.29 is 4.92 Å². The highest BCUT2D eigenvalue weighted by molar-refractivity contribution is 5.47. The molecule has 0 aliphatic heterocycles.